The van der Waals surface area contributed by atoms with Crippen molar-refractivity contribution in [1.82, 2.24) is 19.7 Å². The third-order valence-corrected chi connectivity index (χ3v) is 5.50. The molecule has 0 fully saturated rings. The summed E-state index contributed by atoms with van der Waals surface area (Å²) >= 11 is 1.15. The molecule has 0 saturated carbocycles. The van der Waals surface area contributed by atoms with Crippen molar-refractivity contribution in [2.24, 2.45) is 0 Å². The van der Waals surface area contributed by atoms with Crippen LogP contribution in [0, 0.1) is 13.8 Å². The minimum Gasteiger partial charge on any atom is -0.465 e. The van der Waals surface area contributed by atoms with Gasteiger partial charge in [0.1, 0.15) is 0 Å². The molecule has 164 valence electrons. The van der Waals surface area contributed by atoms with Gasteiger partial charge in [0, 0.05) is 12.2 Å². The van der Waals surface area contributed by atoms with Gasteiger partial charge < -0.3 is 18.9 Å². The van der Waals surface area contributed by atoms with Crippen molar-refractivity contribution in [2.75, 3.05) is 19.5 Å². The third kappa shape index (κ3) is 4.71. The number of furan rings is 1. The van der Waals surface area contributed by atoms with Crippen molar-refractivity contribution < 1.29 is 28.3 Å². The highest BCUT2D eigenvalue weighted by molar-refractivity contribution is 7.99. The van der Waals surface area contributed by atoms with Gasteiger partial charge in [0.05, 0.1) is 30.4 Å². The molecule has 3 aromatic rings. The van der Waals surface area contributed by atoms with Gasteiger partial charge in [0.15, 0.2) is 23.3 Å². The fraction of sp³-hybridized carbons (Fsp3) is 0.350. The molecule has 0 saturated heterocycles. The Balaban J connectivity index is 1.58. The number of methoxy groups -OCH3 is 1. The second kappa shape index (κ2) is 9.65. The van der Waals surface area contributed by atoms with E-state index < -0.39 is 24.3 Å². The maximum absolute atomic E-state index is 12.5. The largest absolute Gasteiger partial charge is 0.465 e. The first kappa shape index (κ1) is 22.3. The van der Waals surface area contributed by atoms with E-state index >= 15 is 0 Å². The second-order valence-corrected chi connectivity index (χ2v) is 7.46. The number of esters is 2. The van der Waals surface area contributed by atoms with Crippen LogP contribution in [0.3, 0.4) is 0 Å². The molecule has 10 nitrogen and oxygen atoms in total. The molecular formula is C20H22N4O6S. The molecule has 3 aromatic heterocycles. The molecule has 0 aliphatic rings. The van der Waals surface area contributed by atoms with Gasteiger partial charge in [-0.15, -0.1) is 10.2 Å². The van der Waals surface area contributed by atoms with Gasteiger partial charge in [0.25, 0.3) is 0 Å². The minimum absolute atomic E-state index is 0.0419. The van der Waals surface area contributed by atoms with E-state index in [4.69, 9.17) is 13.9 Å². The molecule has 0 aromatic carbocycles. The van der Waals surface area contributed by atoms with Crippen LogP contribution in [0.1, 0.15) is 39.0 Å². The number of rotatable bonds is 9. The van der Waals surface area contributed by atoms with Gasteiger partial charge in [-0.25, -0.2) is 4.79 Å². The lowest BCUT2D eigenvalue weighted by molar-refractivity contribution is -0.139. The molecular weight excluding hydrogens is 424 g/mol. The van der Waals surface area contributed by atoms with E-state index in [0.29, 0.717) is 40.1 Å². The number of H-pyrrole nitrogens is 1. The molecule has 1 N–H and O–H groups in total. The molecule has 0 spiro atoms. The van der Waals surface area contributed by atoms with E-state index in [1.54, 1.807) is 32.2 Å². The monoisotopic (exact) mass is 446 g/mol. The number of ether oxygens (including phenoxy) is 2. The normalized spacial score (nSPS) is 10.8. The van der Waals surface area contributed by atoms with Crippen molar-refractivity contribution in [3.63, 3.8) is 0 Å². The molecule has 31 heavy (non-hydrogen) atoms. The number of hydrogen-bond donors (Lipinski definition) is 1. The molecule has 3 heterocycles. The van der Waals surface area contributed by atoms with Crippen LogP contribution in [0.4, 0.5) is 0 Å². The van der Waals surface area contributed by atoms with Gasteiger partial charge in [-0.05, 0) is 38.5 Å². The van der Waals surface area contributed by atoms with Gasteiger partial charge in [0.2, 0.25) is 5.78 Å². The zero-order valence-electron chi connectivity index (χ0n) is 17.6. The Bertz CT molecular complexity index is 1100. The van der Waals surface area contributed by atoms with Crippen LogP contribution in [0.2, 0.25) is 0 Å². The highest BCUT2D eigenvalue weighted by Gasteiger charge is 2.23. The van der Waals surface area contributed by atoms with Gasteiger partial charge >= 0.3 is 11.9 Å². The first-order chi connectivity index (χ1) is 14.9. The lowest BCUT2D eigenvalue weighted by Gasteiger charge is -2.06. The predicted octanol–water partition coefficient (Wildman–Crippen LogP) is 2.81. The molecule has 0 bridgehead atoms. The summed E-state index contributed by atoms with van der Waals surface area (Å²) in [5.74, 6) is -0.439. The molecule has 0 amide bonds. The Hall–Kier alpha value is -3.34. The Labute approximate surface area is 182 Å². The lowest BCUT2D eigenvalue weighted by Crippen LogP contribution is -2.17. The first-order valence-electron chi connectivity index (χ1n) is 9.43. The van der Waals surface area contributed by atoms with E-state index in [1.807, 2.05) is 11.5 Å². The number of Topliss-reactive ketones (excluding diaryl/α,β-unsaturated/α-hetero) is 1. The average Bonchev–Trinajstić information content (AvgIpc) is 3.48. The van der Waals surface area contributed by atoms with Crippen LogP contribution in [0.25, 0.3) is 11.6 Å². The Kier molecular flexibility index (Phi) is 6.95. The number of carbonyl (C=O) groups is 3. The van der Waals surface area contributed by atoms with Crippen molar-refractivity contribution >= 4 is 29.5 Å². The van der Waals surface area contributed by atoms with Crippen LogP contribution >= 0.6 is 11.8 Å². The maximum atomic E-state index is 12.5. The zero-order chi connectivity index (χ0) is 22.5. The van der Waals surface area contributed by atoms with E-state index in [-0.39, 0.29) is 11.4 Å². The van der Waals surface area contributed by atoms with Crippen molar-refractivity contribution in [3.8, 4) is 11.6 Å². The zero-order valence-corrected chi connectivity index (χ0v) is 18.4. The number of nitrogens with zero attached hydrogens (tertiary/aromatic N) is 3. The van der Waals surface area contributed by atoms with Crippen LogP contribution in [0.5, 0.6) is 0 Å². The molecule has 0 radical (unpaired) electrons. The maximum Gasteiger partial charge on any atom is 0.339 e. The fourth-order valence-electron chi connectivity index (χ4n) is 3.09. The van der Waals surface area contributed by atoms with Crippen LogP contribution in [0.15, 0.2) is 28.0 Å². The SMILES string of the molecule is CCn1c(SCC(=O)OCC(=O)c2[nH]c(C)c(C(=O)OC)c2C)nnc1-c1ccco1. The Morgan fingerprint density at radius 3 is 2.68 bits per heavy atom. The summed E-state index contributed by atoms with van der Waals surface area (Å²) in [5.41, 5.74) is 1.49. The number of carbonyl (C=O) groups excluding carboxylic acids is 3. The van der Waals surface area contributed by atoms with Gasteiger partial charge in [-0.3, -0.25) is 14.2 Å². The molecule has 0 aliphatic heterocycles. The number of nitrogens with one attached hydrogen (secondary N) is 1. The van der Waals surface area contributed by atoms with Gasteiger partial charge in [-0.2, -0.15) is 0 Å². The number of aryl methyl sites for hydroxylation is 1. The molecule has 0 aliphatic carbocycles. The summed E-state index contributed by atoms with van der Waals surface area (Å²) in [6.45, 7) is 5.38. The molecule has 3 rings (SSSR count). The van der Waals surface area contributed by atoms with Crippen molar-refractivity contribution in [1.29, 1.82) is 0 Å². The number of aromatic amines is 1. The molecule has 0 unspecified atom stereocenters. The highest BCUT2D eigenvalue weighted by atomic mass is 32.2. The number of thioether (sulfide) groups is 1. The first-order valence-corrected chi connectivity index (χ1v) is 10.4. The molecule has 11 heteroatoms. The van der Waals surface area contributed by atoms with Crippen LogP contribution in [-0.4, -0.2) is 56.9 Å². The predicted molar refractivity (Wildman–Crippen MR) is 111 cm³/mol. The van der Waals surface area contributed by atoms with Crippen LogP contribution < -0.4 is 0 Å². The Morgan fingerprint density at radius 1 is 1.26 bits per heavy atom. The van der Waals surface area contributed by atoms with Gasteiger partial charge in [-0.1, -0.05) is 11.8 Å². The van der Waals surface area contributed by atoms with Crippen molar-refractivity contribution in [3.05, 3.63) is 40.9 Å². The second-order valence-electron chi connectivity index (χ2n) is 6.52. The fourth-order valence-corrected chi connectivity index (χ4v) is 3.89. The average molecular weight is 446 g/mol. The van der Waals surface area contributed by atoms with E-state index in [9.17, 15) is 14.4 Å². The lowest BCUT2D eigenvalue weighted by atomic mass is 10.1. The minimum atomic E-state index is -0.572. The summed E-state index contributed by atoms with van der Waals surface area (Å²) < 4.78 is 17.0. The topological polar surface area (TPSA) is 129 Å². The van der Waals surface area contributed by atoms with E-state index in [2.05, 4.69) is 15.2 Å². The number of aromatic nitrogens is 4. The van der Waals surface area contributed by atoms with Crippen molar-refractivity contribution in [2.45, 2.75) is 32.5 Å². The quantitative estimate of drug-likeness (QED) is 0.299. The summed E-state index contributed by atoms with van der Waals surface area (Å²) in [4.78, 5) is 39.3. The van der Waals surface area contributed by atoms with E-state index in [1.165, 1.54) is 7.11 Å². The third-order valence-electron chi connectivity index (χ3n) is 4.56. The smallest absolute Gasteiger partial charge is 0.339 e. The highest BCUT2D eigenvalue weighted by Crippen LogP contribution is 2.24. The van der Waals surface area contributed by atoms with E-state index in [0.717, 1.165) is 11.8 Å². The number of hydrogen-bond acceptors (Lipinski definition) is 9. The van der Waals surface area contributed by atoms with Crippen LogP contribution in [-0.2, 0) is 20.8 Å². The number of ketones is 1. The molecule has 0 atom stereocenters. The summed E-state index contributed by atoms with van der Waals surface area (Å²) in [6, 6.07) is 3.53. The Morgan fingerprint density at radius 2 is 2.03 bits per heavy atom. The summed E-state index contributed by atoms with van der Waals surface area (Å²) in [5, 5.41) is 8.75. The summed E-state index contributed by atoms with van der Waals surface area (Å²) in [6.07, 6.45) is 1.55. The standard InChI is InChI=1S/C20H22N4O6S/c1-5-24-18(14-7-6-8-29-14)22-23-20(24)31-10-15(26)30-9-13(25)17-11(2)16(12(3)21-17)19(27)28-4/h6-8,21H,5,9-10H2,1-4H3. The summed E-state index contributed by atoms with van der Waals surface area (Å²) in [7, 11) is 1.27.